The molecule has 4 rings (SSSR count). The lowest BCUT2D eigenvalue weighted by Crippen LogP contribution is -2.27. The lowest BCUT2D eigenvalue weighted by Gasteiger charge is -2.29. The molecule has 0 aliphatic carbocycles. The molecule has 6 heteroatoms. The Kier molecular flexibility index (Phi) is 6.15. The maximum absolute atomic E-state index is 14.3. The van der Waals surface area contributed by atoms with Crippen molar-refractivity contribution < 1.29 is 12.3 Å². The van der Waals surface area contributed by atoms with Gasteiger partial charge in [0, 0.05) is 10.6 Å². The second-order valence-electron chi connectivity index (χ2n) is 6.95. The molecule has 0 aromatic heterocycles. The lowest BCUT2D eigenvalue weighted by molar-refractivity contribution is 0.552. The Morgan fingerprint density at radius 3 is 1.45 bits per heavy atom. The van der Waals surface area contributed by atoms with Crippen LogP contribution in [0.1, 0.15) is 5.56 Å². The molecular weight excluding hydrogens is 450 g/mol. The molecule has 31 heavy (non-hydrogen) atoms. The van der Waals surface area contributed by atoms with Crippen molar-refractivity contribution in [2.24, 2.45) is 0 Å². The first-order valence-corrected chi connectivity index (χ1v) is 13.2. The highest BCUT2D eigenvalue weighted by Gasteiger charge is 2.28. The fourth-order valence-electron chi connectivity index (χ4n) is 3.71. The van der Waals surface area contributed by atoms with Crippen molar-refractivity contribution in [2.45, 2.75) is 4.90 Å². The van der Waals surface area contributed by atoms with E-state index in [1.54, 1.807) is 6.07 Å². The third-order valence-corrected chi connectivity index (χ3v) is 10.3. The lowest BCUT2D eigenvalue weighted by atomic mass is 10.2. The highest BCUT2D eigenvalue weighted by molar-refractivity contribution is 7.94. The first kappa shape index (κ1) is 21.6. The summed E-state index contributed by atoms with van der Waals surface area (Å²) < 4.78 is 38.2. The maximum atomic E-state index is 14.3. The van der Waals surface area contributed by atoms with Gasteiger partial charge in [-0.2, -0.15) is 8.42 Å². The molecule has 0 saturated carbocycles. The van der Waals surface area contributed by atoms with Gasteiger partial charge < -0.3 is 0 Å². The van der Waals surface area contributed by atoms with Crippen LogP contribution in [0, 0.1) is 0 Å². The molecule has 0 fully saturated rings. The number of benzene rings is 4. The summed E-state index contributed by atoms with van der Waals surface area (Å²) in [5.41, 5.74) is 0.177. The van der Waals surface area contributed by atoms with Gasteiger partial charge in [-0.15, -0.1) is 3.89 Å². The molecule has 4 aromatic carbocycles. The molecule has 0 radical (unpaired) electrons. The van der Waals surface area contributed by atoms with Gasteiger partial charge >= 0.3 is 10.2 Å². The Labute approximate surface area is 187 Å². The van der Waals surface area contributed by atoms with Crippen molar-refractivity contribution in [1.29, 1.82) is 0 Å². The molecule has 0 aliphatic rings. The van der Waals surface area contributed by atoms with Gasteiger partial charge in [0.15, 0.2) is 0 Å². The number of hydrogen-bond donors (Lipinski definition) is 0. The minimum Gasteiger partial charge on any atom is -0.189 e. The van der Waals surface area contributed by atoms with Gasteiger partial charge in [0.25, 0.3) is 0 Å². The smallest absolute Gasteiger partial charge is 0.189 e. The molecule has 4 aromatic rings. The Morgan fingerprint density at radius 1 is 0.645 bits per heavy atom. The van der Waals surface area contributed by atoms with E-state index in [2.05, 4.69) is 0 Å². The van der Waals surface area contributed by atoms with Crippen LogP contribution >= 0.6 is 18.5 Å². The fraction of sp³-hybridized carbons (Fsp3) is 0. The zero-order chi connectivity index (χ0) is 21.9. The van der Waals surface area contributed by atoms with Crippen LogP contribution in [-0.2, 0) is 10.2 Å². The van der Waals surface area contributed by atoms with Gasteiger partial charge in [0.05, 0.1) is 0 Å². The average molecular weight is 469 g/mol. The number of hydrogen-bond acceptors (Lipinski definition) is 2. The Balaban J connectivity index is 2.23. The van der Waals surface area contributed by atoms with Crippen molar-refractivity contribution in [1.82, 2.24) is 0 Å². The van der Waals surface area contributed by atoms with Crippen LogP contribution in [-0.4, -0.2) is 14.2 Å². The summed E-state index contributed by atoms with van der Waals surface area (Å²) in [7, 11) is -4.97. The summed E-state index contributed by atoms with van der Waals surface area (Å²) in [6, 6.07) is 33.9. The molecule has 0 amide bonds. The fourth-order valence-corrected chi connectivity index (χ4v) is 8.76. The van der Waals surface area contributed by atoms with Crippen LogP contribution in [0.2, 0.25) is 5.02 Å². The molecule has 0 aliphatic heterocycles. The molecule has 156 valence electrons. The van der Waals surface area contributed by atoms with E-state index in [-0.39, 0.29) is 10.6 Å². The summed E-state index contributed by atoms with van der Waals surface area (Å²) in [5.74, 6) is 1.86. The minimum atomic E-state index is -4.97. The highest BCUT2D eigenvalue weighted by atomic mass is 35.5. The monoisotopic (exact) mass is 468 g/mol. The van der Waals surface area contributed by atoms with Crippen LogP contribution in [0.3, 0.4) is 0 Å². The van der Waals surface area contributed by atoms with E-state index in [9.17, 15) is 12.3 Å². The third kappa shape index (κ3) is 4.24. The molecule has 0 unspecified atom stereocenters. The van der Waals surface area contributed by atoms with Gasteiger partial charge in [-0.25, -0.2) is 0 Å². The zero-order valence-corrected chi connectivity index (χ0v) is 18.9. The van der Waals surface area contributed by atoms with E-state index in [1.807, 2.05) is 96.8 Å². The predicted octanol–water partition coefficient (Wildman–Crippen LogP) is 5.14. The second kappa shape index (κ2) is 8.84. The molecule has 2 nitrogen and oxygen atoms in total. The van der Waals surface area contributed by atoms with Gasteiger partial charge in [-0.1, -0.05) is 109 Å². The SMILES string of the molecule is O=S(=O)(F)c1cccc(Cl)c1C=P(c1ccccc1)(c1ccccc1)c1ccccc1. The van der Waals surface area contributed by atoms with Crippen LogP contribution in [0.25, 0.3) is 0 Å². The van der Waals surface area contributed by atoms with Crippen LogP contribution in [0.4, 0.5) is 3.89 Å². The van der Waals surface area contributed by atoms with E-state index < -0.39 is 22.0 Å². The summed E-state index contributed by atoms with van der Waals surface area (Å²) in [6.07, 6.45) is 0. The van der Waals surface area contributed by atoms with E-state index in [0.29, 0.717) is 0 Å². The van der Waals surface area contributed by atoms with E-state index >= 15 is 0 Å². The van der Waals surface area contributed by atoms with Gasteiger partial charge in [-0.05, 0) is 40.7 Å². The second-order valence-corrected chi connectivity index (χ2v) is 11.9. The van der Waals surface area contributed by atoms with E-state index in [4.69, 9.17) is 11.6 Å². The molecule has 0 atom stereocenters. The number of halogens is 2. The van der Waals surface area contributed by atoms with Crippen LogP contribution < -0.4 is 15.9 Å². The zero-order valence-electron chi connectivity index (χ0n) is 16.4. The summed E-state index contributed by atoms with van der Waals surface area (Å²) in [4.78, 5) is -0.424. The third-order valence-electron chi connectivity index (χ3n) is 5.09. The first-order chi connectivity index (χ1) is 14.9. The summed E-state index contributed by atoms with van der Waals surface area (Å²) in [5, 5.41) is 3.21. The average Bonchev–Trinajstić information content (AvgIpc) is 2.79. The van der Waals surface area contributed by atoms with Crippen molar-refractivity contribution in [3.05, 3.63) is 120 Å². The van der Waals surface area contributed by atoms with Crippen LogP contribution in [0.15, 0.2) is 114 Å². The minimum absolute atomic E-state index is 0.177. The van der Waals surface area contributed by atoms with Crippen molar-refractivity contribution in [2.75, 3.05) is 0 Å². The standard InChI is InChI=1S/C25H19ClFO2PS/c26-24-17-10-18-25(31(27,28)29)23(24)19-30(20-11-4-1-5-12-20,21-13-6-2-7-14-21)22-15-8-3-9-16-22/h1-19H. The molecular formula is C25H19ClFO2PS. The van der Waals surface area contributed by atoms with Crippen molar-refractivity contribution in [3.63, 3.8) is 0 Å². The molecule has 0 saturated heterocycles. The molecule has 0 N–H and O–H groups in total. The first-order valence-electron chi connectivity index (χ1n) is 9.57. The topological polar surface area (TPSA) is 34.1 Å². The van der Waals surface area contributed by atoms with Gasteiger partial charge in [-0.3, -0.25) is 0 Å². The maximum Gasteiger partial charge on any atom is 0.332 e. The normalized spacial score (nSPS) is 11.8. The van der Waals surface area contributed by atoms with Crippen LogP contribution in [0.5, 0.6) is 0 Å². The quantitative estimate of drug-likeness (QED) is 0.300. The molecule has 0 heterocycles. The largest absolute Gasteiger partial charge is 0.332 e. The Morgan fingerprint density at radius 2 is 1.06 bits per heavy atom. The molecule has 0 spiro atoms. The Hall–Kier alpha value is -2.65. The van der Waals surface area contributed by atoms with Crippen molar-refractivity contribution in [3.8, 4) is 0 Å². The number of rotatable bonds is 5. The molecule has 0 bridgehead atoms. The summed E-state index contributed by atoms with van der Waals surface area (Å²) in [6.45, 7) is -2.54. The predicted molar refractivity (Wildman–Crippen MR) is 130 cm³/mol. The van der Waals surface area contributed by atoms with E-state index in [0.717, 1.165) is 15.9 Å². The van der Waals surface area contributed by atoms with E-state index in [1.165, 1.54) is 12.1 Å². The van der Waals surface area contributed by atoms with Gasteiger partial charge in [0.1, 0.15) is 4.90 Å². The van der Waals surface area contributed by atoms with Gasteiger partial charge in [0.2, 0.25) is 0 Å². The Bertz CT molecular complexity index is 1250. The summed E-state index contributed by atoms with van der Waals surface area (Å²) >= 11 is 6.46. The van der Waals surface area contributed by atoms with Crippen molar-refractivity contribution >= 4 is 50.4 Å². The highest BCUT2D eigenvalue weighted by Crippen LogP contribution is 2.45.